The van der Waals surface area contributed by atoms with Gasteiger partial charge >= 0.3 is 0 Å². The smallest absolute Gasteiger partial charge is 0.268 e. The molecule has 1 aliphatic carbocycles. The van der Waals surface area contributed by atoms with Crippen molar-refractivity contribution in [3.05, 3.63) is 18.0 Å². The number of hydrogen-bond donors (Lipinski definition) is 1. The van der Waals surface area contributed by atoms with Crippen molar-refractivity contribution in [2.24, 2.45) is 5.41 Å². The third-order valence-corrected chi connectivity index (χ3v) is 4.99. The monoisotopic (exact) mass is 318 g/mol. The van der Waals surface area contributed by atoms with Gasteiger partial charge in [0, 0.05) is 29.5 Å². The summed E-state index contributed by atoms with van der Waals surface area (Å²) in [6, 6.07) is 1.49. The van der Waals surface area contributed by atoms with Crippen LogP contribution in [-0.2, 0) is 15.6 Å². The second-order valence-electron chi connectivity index (χ2n) is 5.91. The summed E-state index contributed by atoms with van der Waals surface area (Å²) in [6.45, 7) is 6.69. The molecule has 1 fully saturated rings. The summed E-state index contributed by atoms with van der Waals surface area (Å²) in [7, 11) is 1.52. The molecule has 0 bridgehead atoms. The topological polar surface area (TPSA) is 68.2 Å². The number of rotatable bonds is 5. The Hall–Kier alpha value is -1.01. The van der Waals surface area contributed by atoms with E-state index in [0.717, 1.165) is 12.8 Å². The predicted molar refractivity (Wildman–Crippen MR) is 77.4 cm³/mol. The standard InChI is InChI=1S/C13H19ClN2O3S/c1-4-5-16-8-9(20(14,18)19)6-10(16)12(17)15-11-7-13(11,2)3/h6,8,11H,4-5,7H2,1-3H3,(H,15,17). The Bertz CT molecular complexity index is 634. The van der Waals surface area contributed by atoms with Crippen molar-refractivity contribution in [3.8, 4) is 0 Å². The van der Waals surface area contributed by atoms with E-state index >= 15 is 0 Å². The lowest BCUT2D eigenvalue weighted by Crippen LogP contribution is -2.30. The maximum atomic E-state index is 12.2. The molecule has 1 saturated carbocycles. The van der Waals surface area contributed by atoms with Crippen LogP contribution in [0.15, 0.2) is 17.2 Å². The van der Waals surface area contributed by atoms with E-state index in [1.54, 1.807) is 4.57 Å². The fourth-order valence-corrected chi connectivity index (χ4v) is 2.94. The Morgan fingerprint density at radius 2 is 2.15 bits per heavy atom. The molecular weight excluding hydrogens is 300 g/mol. The normalized spacial score (nSPS) is 20.7. The van der Waals surface area contributed by atoms with Gasteiger partial charge in [-0.05, 0) is 24.3 Å². The van der Waals surface area contributed by atoms with Crippen LogP contribution in [0, 0.1) is 5.41 Å². The van der Waals surface area contributed by atoms with Gasteiger partial charge in [-0.1, -0.05) is 20.8 Å². The molecule has 1 atom stereocenters. The van der Waals surface area contributed by atoms with E-state index < -0.39 is 9.05 Å². The van der Waals surface area contributed by atoms with Gasteiger partial charge in [0.1, 0.15) is 10.6 Å². The largest absolute Gasteiger partial charge is 0.347 e. The minimum atomic E-state index is -3.82. The van der Waals surface area contributed by atoms with Crippen molar-refractivity contribution >= 4 is 25.6 Å². The molecule has 1 unspecified atom stereocenters. The van der Waals surface area contributed by atoms with Gasteiger partial charge < -0.3 is 9.88 Å². The maximum absolute atomic E-state index is 12.2. The summed E-state index contributed by atoms with van der Waals surface area (Å²) >= 11 is 0. The zero-order chi connectivity index (χ0) is 15.1. The highest BCUT2D eigenvalue weighted by Gasteiger charge is 2.46. The molecule has 7 heteroatoms. The molecule has 0 aromatic carbocycles. The second kappa shape index (κ2) is 5.07. The highest BCUT2D eigenvalue weighted by Crippen LogP contribution is 2.44. The van der Waals surface area contributed by atoms with Crippen LogP contribution in [0.2, 0.25) is 0 Å². The number of carbonyl (C=O) groups is 1. The van der Waals surface area contributed by atoms with Crippen molar-refractivity contribution in [2.45, 2.75) is 51.1 Å². The van der Waals surface area contributed by atoms with E-state index in [1.807, 2.05) is 6.92 Å². The second-order valence-corrected chi connectivity index (χ2v) is 8.48. The fraction of sp³-hybridized carbons (Fsp3) is 0.615. The van der Waals surface area contributed by atoms with Gasteiger partial charge in [-0.3, -0.25) is 4.79 Å². The van der Waals surface area contributed by atoms with Crippen LogP contribution >= 0.6 is 10.7 Å². The third kappa shape index (κ3) is 3.17. The number of aryl methyl sites for hydroxylation is 1. The minimum absolute atomic E-state index is 0.0344. The lowest BCUT2D eigenvalue weighted by atomic mass is 10.2. The number of aromatic nitrogens is 1. The predicted octanol–water partition coefficient (Wildman–Crippen LogP) is 2.35. The summed E-state index contributed by atoms with van der Waals surface area (Å²) in [5, 5.41) is 2.93. The van der Waals surface area contributed by atoms with Gasteiger partial charge in [-0.15, -0.1) is 0 Å². The Labute approximate surface area is 123 Å². The first kappa shape index (κ1) is 15.4. The summed E-state index contributed by atoms with van der Waals surface area (Å²) in [4.78, 5) is 12.2. The van der Waals surface area contributed by atoms with E-state index in [4.69, 9.17) is 10.7 Å². The maximum Gasteiger partial charge on any atom is 0.268 e. The Morgan fingerprint density at radius 3 is 2.60 bits per heavy atom. The van der Waals surface area contributed by atoms with Crippen LogP contribution in [0.1, 0.15) is 44.1 Å². The molecule has 1 aliphatic rings. The van der Waals surface area contributed by atoms with E-state index in [1.165, 1.54) is 12.3 Å². The van der Waals surface area contributed by atoms with E-state index in [9.17, 15) is 13.2 Å². The van der Waals surface area contributed by atoms with Crippen LogP contribution in [0.25, 0.3) is 0 Å². The average molecular weight is 319 g/mol. The third-order valence-electron chi connectivity index (χ3n) is 3.67. The van der Waals surface area contributed by atoms with Gasteiger partial charge in [0.05, 0.1) is 0 Å². The van der Waals surface area contributed by atoms with Crippen molar-refractivity contribution in [1.82, 2.24) is 9.88 Å². The fourth-order valence-electron chi connectivity index (χ4n) is 2.18. The summed E-state index contributed by atoms with van der Waals surface area (Å²) in [6.07, 6.45) is 3.15. The number of amides is 1. The molecule has 112 valence electrons. The summed E-state index contributed by atoms with van der Waals surface area (Å²) in [5.41, 5.74) is 0.466. The molecule has 0 aliphatic heterocycles. The molecule has 1 aromatic heterocycles. The molecule has 1 heterocycles. The van der Waals surface area contributed by atoms with Crippen LogP contribution in [-0.4, -0.2) is 24.9 Å². The lowest BCUT2D eigenvalue weighted by Gasteiger charge is -2.09. The lowest BCUT2D eigenvalue weighted by molar-refractivity contribution is 0.0937. The van der Waals surface area contributed by atoms with Gasteiger partial charge in [0.15, 0.2) is 0 Å². The van der Waals surface area contributed by atoms with Crippen LogP contribution in [0.4, 0.5) is 0 Å². The molecular formula is C13H19ClN2O3S. The number of hydrogen-bond acceptors (Lipinski definition) is 3. The Morgan fingerprint density at radius 1 is 1.55 bits per heavy atom. The zero-order valence-electron chi connectivity index (χ0n) is 11.8. The Kier molecular flexibility index (Phi) is 3.90. The first-order valence-electron chi connectivity index (χ1n) is 6.61. The van der Waals surface area contributed by atoms with Crippen molar-refractivity contribution in [2.75, 3.05) is 0 Å². The highest BCUT2D eigenvalue weighted by molar-refractivity contribution is 8.13. The molecule has 20 heavy (non-hydrogen) atoms. The average Bonchev–Trinajstić information content (AvgIpc) is 2.74. The number of nitrogens with one attached hydrogen (secondary N) is 1. The molecule has 1 amide bonds. The van der Waals surface area contributed by atoms with Gasteiger partial charge in [-0.25, -0.2) is 8.42 Å². The zero-order valence-corrected chi connectivity index (χ0v) is 13.4. The van der Waals surface area contributed by atoms with Gasteiger partial charge in [0.25, 0.3) is 15.0 Å². The van der Waals surface area contributed by atoms with Crippen molar-refractivity contribution < 1.29 is 13.2 Å². The van der Waals surface area contributed by atoms with Gasteiger partial charge in [-0.2, -0.15) is 0 Å². The van der Waals surface area contributed by atoms with Crippen LogP contribution in [0.5, 0.6) is 0 Å². The minimum Gasteiger partial charge on any atom is -0.347 e. The summed E-state index contributed by atoms with van der Waals surface area (Å²) < 4.78 is 24.4. The summed E-state index contributed by atoms with van der Waals surface area (Å²) in [5.74, 6) is -0.249. The van der Waals surface area contributed by atoms with E-state index in [2.05, 4.69) is 19.2 Å². The van der Waals surface area contributed by atoms with E-state index in [0.29, 0.717) is 12.2 Å². The SMILES string of the molecule is CCCn1cc(S(=O)(=O)Cl)cc1C(=O)NC1CC1(C)C. The molecule has 0 saturated heterocycles. The molecule has 2 rings (SSSR count). The van der Waals surface area contributed by atoms with E-state index in [-0.39, 0.29) is 22.3 Å². The number of carbonyl (C=O) groups excluding carboxylic acids is 1. The molecule has 5 nitrogen and oxygen atoms in total. The first-order chi connectivity index (χ1) is 9.15. The van der Waals surface area contributed by atoms with Crippen LogP contribution in [0.3, 0.4) is 0 Å². The van der Waals surface area contributed by atoms with Crippen LogP contribution < -0.4 is 5.32 Å². The quantitative estimate of drug-likeness (QED) is 0.847. The first-order valence-corrected chi connectivity index (χ1v) is 8.92. The molecule has 0 spiro atoms. The molecule has 1 aromatic rings. The van der Waals surface area contributed by atoms with Crippen molar-refractivity contribution in [3.63, 3.8) is 0 Å². The number of halogens is 1. The Balaban J connectivity index is 2.25. The highest BCUT2D eigenvalue weighted by atomic mass is 35.7. The molecule has 1 N–H and O–H groups in total. The van der Waals surface area contributed by atoms with Crippen molar-refractivity contribution in [1.29, 1.82) is 0 Å². The molecule has 0 radical (unpaired) electrons. The van der Waals surface area contributed by atoms with Gasteiger partial charge in [0.2, 0.25) is 0 Å². The number of nitrogens with zero attached hydrogens (tertiary/aromatic N) is 1.